The van der Waals surface area contributed by atoms with E-state index in [4.69, 9.17) is 0 Å². The average molecular weight is 274 g/mol. The van der Waals surface area contributed by atoms with Crippen molar-refractivity contribution in [2.75, 3.05) is 0 Å². The number of hydrogen-bond donors (Lipinski definition) is 0. The van der Waals surface area contributed by atoms with Crippen molar-refractivity contribution >= 4 is 11.6 Å². The number of nitrogens with zero attached hydrogens (tertiary/aromatic N) is 2. The van der Waals surface area contributed by atoms with E-state index in [0.29, 0.717) is 11.3 Å². The van der Waals surface area contributed by atoms with Crippen LogP contribution in [0, 0.1) is 18.7 Å². The molecule has 0 aliphatic carbocycles. The van der Waals surface area contributed by atoms with Crippen LogP contribution in [0.2, 0.25) is 0 Å². The van der Waals surface area contributed by atoms with Gasteiger partial charge in [-0.1, -0.05) is 12.1 Å². The maximum atomic E-state index is 13.6. The monoisotopic (exact) mass is 274 g/mol. The highest BCUT2D eigenvalue weighted by Gasteiger charge is 2.27. The molecule has 1 atom stereocenters. The quantitative estimate of drug-likeness (QED) is 0.636. The first kappa shape index (κ1) is 14.1. The number of aromatic nitrogens is 2. The van der Waals surface area contributed by atoms with E-state index in [-0.39, 0.29) is 11.3 Å². The lowest BCUT2D eigenvalue weighted by molar-refractivity contribution is 0.0818. The number of aryl methyl sites for hydroxylation is 2. The Balaban J connectivity index is 2.30. The first-order chi connectivity index (χ1) is 9.41. The number of rotatable bonds is 4. The molecule has 1 heterocycles. The number of benzene rings is 1. The van der Waals surface area contributed by atoms with Crippen molar-refractivity contribution in [3.8, 4) is 0 Å². The van der Waals surface area contributed by atoms with Crippen LogP contribution in [0.5, 0.6) is 0 Å². The zero-order chi connectivity index (χ0) is 14.9. The van der Waals surface area contributed by atoms with E-state index < -0.39 is 17.5 Å². The third-order valence-corrected chi connectivity index (χ3v) is 3.20. The Morgan fingerprint density at radius 2 is 1.80 bits per heavy atom. The van der Waals surface area contributed by atoms with Gasteiger partial charge in [-0.2, -0.15) is 5.10 Å². The Kier molecular flexibility index (Phi) is 3.79. The number of ketones is 2. The molecule has 0 radical (unpaired) electrons. The van der Waals surface area contributed by atoms with Crippen LogP contribution in [0.3, 0.4) is 0 Å². The van der Waals surface area contributed by atoms with Crippen molar-refractivity contribution in [1.82, 2.24) is 9.78 Å². The van der Waals surface area contributed by atoms with Crippen molar-refractivity contribution < 1.29 is 14.0 Å². The normalized spacial score (nSPS) is 12.2. The summed E-state index contributed by atoms with van der Waals surface area (Å²) in [6, 6.07) is 5.67. The van der Waals surface area contributed by atoms with Crippen molar-refractivity contribution in [3.05, 3.63) is 53.1 Å². The predicted octanol–water partition coefficient (Wildman–Crippen LogP) is 2.57. The molecule has 1 aromatic carbocycles. The van der Waals surface area contributed by atoms with Gasteiger partial charge < -0.3 is 0 Å². The summed E-state index contributed by atoms with van der Waals surface area (Å²) in [7, 11) is 1.70. The maximum absolute atomic E-state index is 13.6. The molecule has 2 rings (SSSR count). The fourth-order valence-electron chi connectivity index (χ4n) is 2.09. The van der Waals surface area contributed by atoms with Crippen LogP contribution in [0.25, 0.3) is 0 Å². The Hall–Kier alpha value is -2.30. The lowest BCUT2D eigenvalue weighted by atomic mass is 9.91. The summed E-state index contributed by atoms with van der Waals surface area (Å²) in [5, 5.41) is 4.07. The van der Waals surface area contributed by atoms with Gasteiger partial charge in [-0.05, 0) is 26.0 Å². The van der Waals surface area contributed by atoms with E-state index in [1.165, 1.54) is 29.8 Å². The molecule has 0 saturated carbocycles. The Labute approximate surface area is 116 Å². The maximum Gasteiger partial charge on any atom is 0.176 e. The van der Waals surface area contributed by atoms with Gasteiger partial charge >= 0.3 is 0 Å². The molecule has 20 heavy (non-hydrogen) atoms. The van der Waals surface area contributed by atoms with Gasteiger partial charge in [0, 0.05) is 13.2 Å². The molecule has 2 aromatic rings. The number of carbonyl (C=O) groups is 2. The van der Waals surface area contributed by atoms with Crippen LogP contribution in [-0.2, 0) is 7.05 Å². The van der Waals surface area contributed by atoms with E-state index in [0.717, 1.165) is 0 Å². The second-order valence-electron chi connectivity index (χ2n) is 4.73. The Bertz CT molecular complexity index is 676. The molecule has 4 nitrogen and oxygen atoms in total. The lowest BCUT2D eigenvalue weighted by Crippen LogP contribution is -2.22. The van der Waals surface area contributed by atoms with Gasteiger partial charge in [0.15, 0.2) is 11.6 Å². The first-order valence-corrected chi connectivity index (χ1v) is 6.25. The van der Waals surface area contributed by atoms with Gasteiger partial charge in [0.2, 0.25) is 0 Å². The molecule has 0 aliphatic heterocycles. The number of hydrogen-bond acceptors (Lipinski definition) is 3. The zero-order valence-electron chi connectivity index (χ0n) is 11.6. The van der Waals surface area contributed by atoms with Crippen LogP contribution in [0.4, 0.5) is 4.39 Å². The molecule has 0 saturated heterocycles. The van der Waals surface area contributed by atoms with Gasteiger partial charge in [0.25, 0.3) is 0 Å². The van der Waals surface area contributed by atoms with Crippen LogP contribution in [0.1, 0.15) is 33.3 Å². The smallest absolute Gasteiger partial charge is 0.176 e. The topological polar surface area (TPSA) is 52.0 Å². The number of carbonyl (C=O) groups excluding carboxylic acids is 2. The van der Waals surface area contributed by atoms with Gasteiger partial charge in [-0.3, -0.25) is 14.3 Å². The van der Waals surface area contributed by atoms with Crippen molar-refractivity contribution in [3.63, 3.8) is 0 Å². The molecule has 0 bridgehead atoms. The van der Waals surface area contributed by atoms with Gasteiger partial charge in [-0.25, -0.2) is 4.39 Å². The SMILES string of the molecule is Cc1nn(C)cc1C(=O)C(C)C(=O)c1ccccc1F. The highest BCUT2D eigenvalue weighted by Crippen LogP contribution is 2.18. The van der Waals surface area contributed by atoms with E-state index in [1.54, 1.807) is 26.2 Å². The standard InChI is InChI=1S/C15H15FN2O2/c1-9(14(19)11-6-4-5-7-13(11)16)15(20)12-8-18(3)17-10(12)2/h4-9H,1-3H3. The second kappa shape index (κ2) is 5.36. The molecule has 0 aliphatic rings. The van der Waals surface area contributed by atoms with Crippen molar-refractivity contribution in [1.29, 1.82) is 0 Å². The molecule has 1 aromatic heterocycles. The van der Waals surface area contributed by atoms with E-state index in [2.05, 4.69) is 5.10 Å². The molecular weight excluding hydrogens is 259 g/mol. The minimum absolute atomic E-state index is 0.0603. The summed E-state index contributed by atoms with van der Waals surface area (Å²) < 4.78 is 15.1. The largest absolute Gasteiger partial charge is 0.293 e. The van der Waals surface area contributed by atoms with Crippen molar-refractivity contribution in [2.45, 2.75) is 13.8 Å². The second-order valence-corrected chi connectivity index (χ2v) is 4.73. The highest BCUT2D eigenvalue weighted by atomic mass is 19.1. The minimum atomic E-state index is -0.935. The third-order valence-electron chi connectivity index (χ3n) is 3.20. The van der Waals surface area contributed by atoms with Gasteiger partial charge in [0.1, 0.15) is 5.82 Å². The summed E-state index contributed by atoms with van der Waals surface area (Å²) in [6.45, 7) is 3.19. The molecule has 0 N–H and O–H groups in total. The van der Waals surface area contributed by atoms with Crippen LogP contribution >= 0.6 is 0 Å². The average Bonchev–Trinajstić information content (AvgIpc) is 2.76. The fraction of sp³-hybridized carbons (Fsp3) is 0.267. The fourth-order valence-corrected chi connectivity index (χ4v) is 2.09. The Morgan fingerprint density at radius 1 is 1.20 bits per heavy atom. The van der Waals surface area contributed by atoms with Crippen LogP contribution < -0.4 is 0 Å². The van der Waals surface area contributed by atoms with Crippen molar-refractivity contribution in [2.24, 2.45) is 13.0 Å². The minimum Gasteiger partial charge on any atom is -0.293 e. The number of Topliss-reactive ketones (excluding diaryl/α,β-unsaturated/α-hetero) is 2. The lowest BCUT2D eigenvalue weighted by Gasteiger charge is -2.09. The van der Waals surface area contributed by atoms with E-state index in [1.807, 2.05) is 0 Å². The molecule has 1 unspecified atom stereocenters. The van der Waals surface area contributed by atoms with Crippen LogP contribution in [-0.4, -0.2) is 21.3 Å². The Morgan fingerprint density at radius 3 is 2.35 bits per heavy atom. The highest BCUT2D eigenvalue weighted by molar-refractivity contribution is 6.16. The van der Waals surface area contributed by atoms with Gasteiger partial charge in [0.05, 0.1) is 22.7 Å². The van der Waals surface area contributed by atoms with E-state index in [9.17, 15) is 14.0 Å². The molecule has 104 valence electrons. The summed E-state index contributed by atoms with van der Waals surface area (Å²) in [4.78, 5) is 24.5. The summed E-state index contributed by atoms with van der Waals surface area (Å²) in [5.74, 6) is -2.41. The van der Waals surface area contributed by atoms with E-state index >= 15 is 0 Å². The molecule has 0 spiro atoms. The first-order valence-electron chi connectivity index (χ1n) is 6.25. The molecule has 0 amide bonds. The van der Waals surface area contributed by atoms with Gasteiger partial charge in [-0.15, -0.1) is 0 Å². The molecular formula is C15H15FN2O2. The number of halogens is 1. The molecule has 0 fully saturated rings. The summed E-state index contributed by atoms with van der Waals surface area (Å²) >= 11 is 0. The summed E-state index contributed by atoms with van der Waals surface area (Å²) in [5.41, 5.74) is 0.894. The molecule has 5 heteroatoms. The van der Waals surface area contributed by atoms with Crippen LogP contribution in [0.15, 0.2) is 30.5 Å². The summed E-state index contributed by atoms with van der Waals surface area (Å²) in [6.07, 6.45) is 1.57. The zero-order valence-corrected chi connectivity index (χ0v) is 11.6. The third kappa shape index (κ3) is 2.52. The predicted molar refractivity (Wildman–Crippen MR) is 72.2 cm³/mol.